The SMILES string of the molecule is CC1(CNCC(C(=O)O)c2ccccc2)COC1. The number of carboxylic acid groups (broad SMARTS) is 1. The molecule has 1 atom stereocenters. The van der Waals surface area contributed by atoms with Gasteiger partial charge in [-0.2, -0.15) is 0 Å². The second kappa shape index (κ2) is 5.50. The molecule has 4 nitrogen and oxygen atoms in total. The van der Waals surface area contributed by atoms with E-state index in [1.807, 2.05) is 30.3 Å². The third-order valence-electron chi connectivity index (χ3n) is 3.30. The topological polar surface area (TPSA) is 58.6 Å². The van der Waals surface area contributed by atoms with Crippen molar-refractivity contribution in [3.63, 3.8) is 0 Å². The Bertz CT molecular complexity index is 401. The molecule has 1 heterocycles. The summed E-state index contributed by atoms with van der Waals surface area (Å²) in [6.07, 6.45) is 0. The molecule has 1 saturated heterocycles. The lowest BCUT2D eigenvalue weighted by atomic mass is 9.88. The van der Waals surface area contributed by atoms with Gasteiger partial charge in [0.2, 0.25) is 0 Å². The highest BCUT2D eigenvalue weighted by Crippen LogP contribution is 2.25. The predicted molar refractivity (Wildman–Crippen MR) is 68.6 cm³/mol. The molecule has 2 N–H and O–H groups in total. The Labute approximate surface area is 107 Å². The maximum atomic E-state index is 11.3. The van der Waals surface area contributed by atoms with E-state index in [0.717, 1.165) is 25.3 Å². The van der Waals surface area contributed by atoms with Crippen LogP contribution in [-0.4, -0.2) is 37.4 Å². The molecule has 1 aromatic carbocycles. The quantitative estimate of drug-likeness (QED) is 0.801. The first kappa shape index (κ1) is 13.1. The molecule has 1 aliphatic rings. The minimum absolute atomic E-state index is 0.166. The summed E-state index contributed by atoms with van der Waals surface area (Å²) in [5, 5.41) is 12.5. The zero-order chi connectivity index (χ0) is 13.0. The van der Waals surface area contributed by atoms with E-state index in [0.29, 0.717) is 6.54 Å². The Kier molecular flexibility index (Phi) is 3.99. The summed E-state index contributed by atoms with van der Waals surface area (Å²) in [6, 6.07) is 9.34. The van der Waals surface area contributed by atoms with Crippen molar-refractivity contribution in [2.45, 2.75) is 12.8 Å². The number of hydrogen-bond acceptors (Lipinski definition) is 3. The lowest BCUT2D eigenvalue weighted by Crippen LogP contribution is -2.48. The summed E-state index contributed by atoms with van der Waals surface area (Å²) in [7, 11) is 0. The fraction of sp³-hybridized carbons (Fsp3) is 0.500. The van der Waals surface area contributed by atoms with Crippen LogP contribution in [-0.2, 0) is 9.53 Å². The van der Waals surface area contributed by atoms with Crippen LogP contribution in [0.25, 0.3) is 0 Å². The Morgan fingerprint density at radius 3 is 2.61 bits per heavy atom. The van der Waals surface area contributed by atoms with Crippen LogP contribution in [0.3, 0.4) is 0 Å². The van der Waals surface area contributed by atoms with Crippen molar-refractivity contribution >= 4 is 5.97 Å². The summed E-state index contributed by atoms with van der Waals surface area (Å²) in [5.41, 5.74) is 1.01. The first-order valence-corrected chi connectivity index (χ1v) is 6.17. The van der Waals surface area contributed by atoms with E-state index in [1.54, 1.807) is 0 Å². The fourth-order valence-electron chi connectivity index (χ4n) is 2.10. The van der Waals surface area contributed by atoms with Gasteiger partial charge in [-0.3, -0.25) is 4.79 Å². The average molecular weight is 249 g/mol. The van der Waals surface area contributed by atoms with Crippen molar-refractivity contribution in [1.29, 1.82) is 0 Å². The Morgan fingerprint density at radius 2 is 2.11 bits per heavy atom. The third kappa shape index (κ3) is 3.09. The maximum absolute atomic E-state index is 11.3. The van der Waals surface area contributed by atoms with E-state index >= 15 is 0 Å². The van der Waals surface area contributed by atoms with Crippen LogP contribution in [0.15, 0.2) is 30.3 Å². The lowest BCUT2D eigenvalue weighted by molar-refractivity contribution is -0.138. The number of ether oxygens (including phenoxy) is 1. The van der Waals surface area contributed by atoms with Gasteiger partial charge in [-0.15, -0.1) is 0 Å². The third-order valence-corrected chi connectivity index (χ3v) is 3.30. The number of aliphatic carboxylic acids is 1. The summed E-state index contributed by atoms with van der Waals surface area (Å²) >= 11 is 0. The van der Waals surface area contributed by atoms with Crippen LogP contribution >= 0.6 is 0 Å². The Morgan fingerprint density at radius 1 is 1.44 bits per heavy atom. The van der Waals surface area contributed by atoms with Crippen molar-refractivity contribution in [3.05, 3.63) is 35.9 Å². The molecule has 0 radical (unpaired) electrons. The minimum Gasteiger partial charge on any atom is -0.481 e. The maximum Gasteiger partial charge on any atom is 0.312 e. The van der Waals surface area contributed by atoms with Crippen LogP contribution in [0.1, 0.15) is 18.4 Å². The van der Waals surface area contributed by atoms with E-state index in [2.05, 4.69) is 12.2 Å². The zero-order valence-electron chi connectivity index (χ0n) is 10.6. The van der Waals surface area contributed by atoms with Crippen molar-refractivity contribution in [3.8, 4) is 0 Å². The van der Waals surface area contributed by atoms with Crippen LogP contribution in [0.4, 0.5) is 0 Å². The molecular weight excluding hydrogens is 230 g/mol. The number of benzene rings is 1. The molecule has 98 valence electrons. The van der Waals surface area contributed by atoms with Gasteiger partial charge in [-0.25, -0.2) is 0 Å². The molecule has 1 fully saturated rings. The molecule has 1 aliphatic heterocycles. The van der Waals surface area contributed by atoms with Gasteiger partial charge in [0.15, 0.2) is 0 Å². The molecular formula is C14H19NO3. The number of nitrogens with one attached hydrogen (secondary N) is 1. The van der Waals surface area contributed by atoms with Gasteiger partial charge in [0.05, 0.1) is 19.1 Å². The molecule has 0 saturated carbocycles. The molecule has 0 bridgehead atoms. The first-order chi connectivity index (χ1) is 8.61. The standard InChI is InChI=1S/C14H19NO3/c1-14(9-18-10-14)8-15-7-12(13(16)17)11-5-3-2-4-6-11/h2-6,12,15H,7-10H2,1H3,(H,16,17). The van der Waals surface area contributed by atoms with Gasteiger partial charge in [0.1, 0.15) is 0 Å². The van der Waals surface area contributed by atoms with Crippen molar-refractivity contribution in [1.82, 2.24) is 5.32 Å². The molecule has 0 spiro atoms. The molecule has 0 aromatic heterocycles. The molecule has 0 amide bonds. The monoisotopic (exact) mass is 249 g/mol. The van der Waals surface area contributed by atoms with Gasteiger partial charge < -0.3 is 15.2 Å². The second-order valence-corrected chi connectivity index (χ2v) is 5.24. The van der Waals surface area contributed by atoms with Gasteiger partial charge in [0.25, 0.3) is 0 Å². The predicted octanol–water partition coefficient (Wildman–Crippen LogP) is 1.48. The van der Waals surface area contributed by atoms with Gasteiger partial charge in [0, 0.05) is 18.5 Å². The summed E-state index contributed by atoms with van der Waals surface area (Å²) in [6.45, 7) is 4.90. The van der Waals surface area contributed by atoms with E-state index in [-0.39, 0.29) is 5.41 Å². The normalized spacial score (nSPS) is 18.9. The van der Waals surface area contributed by atoms with Gasteiger partial charge >= 0.3 is 5.97 Å². The van der Waals surface area contributed by atoms with Crippen LogP contribution in [0, 0.1) is 5.41 Å². The Hall–Kier alpha value is -1.39. The number of carboxylic acids is 1. The van der Waals surface area contributed by atoms with Crippen molar-refractivity contribution in [2.75, 3.05) is 26.3 Å². The molecule has 1 unspecified atom stereocenters. The van der Waals surface area contributed by atoms with Crippen LogP contribution < -0.4 is 5.32 Å². The summed E-state index contributed by atoms with van der Waals surface area (Å²) in [4.78, 5) is 11.3. The molecule has 1 aromatic rings. The molecule has 2 rings (SSSR count). The van der Waals surface area contributed by atoms with E-state index < -0.39 is 11.9 Å². The minimum atomic E-state index is -0.788. The van der Waals surface area contributed by atoms with E-state index in [9.17, 15) is 9.90 Å². The smallest absolute Gasteiger partial charge is 0.312 e. The van der Waals surface area contributed by atoms with Crippen LogP contribution in [0.5, 0.6) is 0 Å². The van der Waals surface area contributed by atoms with E-state index in [1.165, 1.54) is 0 Å². The zero-order valence-corrected chi connectivity index (χ0v) is 10.6. The van der Waals surface area contributed by atoms with Gasteiger partial charge in [-0.1, -0.05) is 37.3 Å². The Balaban J connectivity index is 1.89. The highest BCUT2D eigenvalue weighted by atomic mass is 16.5. The highest BCUT2D eigenvalue weighted by Gasteiger charge is 2.33. The van der Waals surface area contributed by atoms with E-state index in [4.69, 9.17) is 4.74 Å². The highest BCUT2D eigenvalue weighted by molar-refractivity contribution is 5.76. The fourth-order valence-corrected chi connectivity index (χ4v) is 2.10. The lowest BCUT2D eigenvalue weighted by Gasteiger charge is -2.38. The number of hydrogen-bond donors (Lipinski definition) is 2. The molecule has 18 heavy (non-hydrogen) atoms. The first-order valence-electron chi connectivity index (χ1n) is 6.17. The average Bonchev–Trinajstić information content (AvgIpc) is 2.33. The number of rotatable bonds is 6. The molecule has 0 aliphatic carbocycles. The van der Waals surface area contributed by atoms with Gasteiger partial charge in [-0.05, 0) is 5.56 Å². The van der Waals surface area contributed by atoms with Crippen molar-refractivity contribution in [2.24, 2.45) is 5.41 Å². The summed E-state index contributed by atoms with van der Waals surface area (Å²) in [5.74, 6) is -1.28. The second-order valence-electron chi connectivity index (χ2n) is 5.24. The number of carbonyl (C=O) groups is 1. The largest absolute Gasteiger partial charge is 0.481 e. The van der Waals surface area contributed by atoms with Crippen LogP contribution in [0.2, 0.25) is 0 Å². The van der Waals surface area contributed by atoms with Crippen molar-refractivity contribution < 1.29 is 14.6 Å². The summed E-state index contributed by atoms with van der Waals surface area (Å²) < 4.78 is 5.17. The molecule has 4 heteroatoms.